The van der Waals surface area contributed by atoms with Crippen molar-refractivity contribution in [2.75, 3.05) is 24.6 Å². The number of nitrogens with zero attached hydrogens (tertiary/aromatic N) is 4. The van der Waals surface area contributed by atoms with Crippen molar-refractivity contribution in [1.29, 1.82) is 5.26 Å². The van der Waals surface area contributed by atoms with E-state index in [1.807, 2.05) is 19.9 Å². The zero-order valence-electron chi connectivity index (χ0n) is 10.6. The second-order valence-electron chi connectivity index (χ2n) is 4.90. The van der Waals surface area contributed by atoms with Crippen molar-refractivity contribution in [2.45, 2.75) is 26.0 Å². The highest BCUT2D eigenvalue weighted by molar-refractivity contribution is 5.43. The highest BCUT2D eigenvalue weighted by Crippen LogP contribution is 2.21. The molecule has 0 N–H and O–H groups in total. The molecule has 0 spiro atoms. The first-order valence-electron chi connectivity index (χ1n) is 5.85. The normalized spacial score (nSPS) is 18.4. The van der Waals surface area contributed by atoms with Gasteiger partial charge in [-0.2, -0.15) is 10.4 Å². The van der Waals surface area contributed by atoms with E-state index in [9.17, 15) is 4.79 Å². The fourth-order valence-electron chi connectivity index (χ4n) is 2.02. The van der Waals surface area contributed by atoms with E-state index < -0.39 is 0 Å². The van der Waals surface area contributed by atoms with Crippen LogP contribution < -0.4 is 10.5 Å². The average Bonchev–Trinajstić information content (AvgIpc) is 2.30. The third-order valence-electron chi connectivity index (χ3n) is 2.87. The summed E-state index contributed by atoms with van der Waals surface area (Å²) in [6.45, 7) is 6.11. The van der Waals surface area contributed by atoms with Crippen molar-refractivity contribution in [3.05, 3.63) is 22.6 Å². The van der Waals surface area contributed by atoms with Crippen molar-refractivity contribution in [3.8, 4) is 6.07 Å². The Labute approximate surface area is 105 Å². The Bertz CT molecular complexity index is 530. The smallest absolute Gasteiger partial charge is 0.269 e. The molecule has 0 aliphatic carbocycles. The van der Waals surface area contributed by atoms with Gasteiger partial charge in [-0.3, -0.25) is 4.79 Å². The van der Waals surface area contributed by atoms with Crippen LogP contribution >= 0.6 is 0 Å². The Kier molecular flexibility index (Phi) is 3.34. The van der Waals surface area contributed by atoms with Crippen molar-refractivity contribution < 1.29 is 4.74 Å². The minimum Gasteiger partial charge on any atom is -0.372 e. The number of aromatic nitrogens is 2. The molecule has 0 atom stereocenters. The lowest BCUT2D eigenvalue weighted by Crippen LogP contribution is -2.48. The molecule has 1 fully saturated rings. The highest BCUT2D eigenvalue weighted by atomic mass is 16.5. The predicted molar refractivity (Wildman–Crippen MR) is 66.4 cm³/mol. The Morgan fingerprint density at radius 2 is 2.39 bits per heavy atom. The summed E-state index contributed by atoms with van der Waals surface area (Å²) >= 11 is 0. The van der Waals surface area contributed by atoms with Crippen molar-refractivity contribution in [1.82, 2.24) is 9.78 Å². The minimum atomic E-state index is -0.252. The fraction of sp³-hybridized carbons (Fsp3) is 0.583. The zero-order valence-corrected chi connectivity index (χ0v) is 10.6. The second kappa shape index (κ2) is 4.78. The molecule has 96 valence electrons. The summed E-state index contributed by atoms with van der Waals surface area (Å²) in [7, 11) is 0. The molecule has 0 amide bonds. The first-order valence-corrected chi connectivity index (χ1v) is 5.85. The molecular formula is C12H16N4O2. The lowest BCUT2D eigenvalue weighted by Gasteiger charge is -2.39. The van der Waals surface area contributed by atoms with Crippen LogP contribution in [0.25, 0.3) is 0 Å². The number of anilines is 1. The SMILES string of the molecule is CC1(C)CN(c2cnn(CC#N)c(=O)c2)CCO1. The summed E-state index contributed by atoms with van der Waals surface area (Å²) < 4.78 is 6.77. The summed E-state index contributed by atoms with van der Waals surface area (Å²) in [5, 5.41) is 12.5. The molecule has 6 heteroatoms. The lowest BCUT2D eigenvalue weighted by atomic mass is 10.1. The van der Waals surface area contributed by atoms with Crippen molar-refractivity contribution in [3.63, 3.8) is 0 Å². The number of rotatable bonds is 2. The van der Waals surface area contributed by atoms with E-state index in [1.54, 1.807) is 6.20 Å². The Morgan fingerprint density at radius 3 is 3.00 bits per heavy atom. The topological polar surface area (TPSA) is 71.2 Å². The van der Waals surface area contributed by atoms with E-state index in [2.05, 4.69) is 10.00 Å². The van der Waals surface area contributed by atoms with Gasteiger partial charge in [-0.15, -0.1) is 0 Å². The maximum atomic E-state index is 11.7. The molecule has 1 aromatic heterocycles. The van der Waals surface area contributed by atoms with E-state index in [0.29, 0.717) is 6.61 Å². The van der Waals surface area contributed by atoms with Crippen LogP contribution in [0.4, 0.5) is 5.69 Å². The van der Waals surface area contributed by atoms with Crippen LogP contribution in [0.2, 0.25) is 0 Å². The third-order valence-corrected chi connectivity index (χ3v) is 2.87. The van der Waals surface area contributed by atoms with Gasteiger partial charge in [0.2, 0.25) is 0 Å². The first-order chi connectivity index (χ1) is 8.52. The highest BCUT2D eigenvalue weighted by Gasteiger charge is 2.27. The molecule has 2 rings (SSSR count). The van der Waals surface area contributed by atoms with Gasteiger partial charge in [-0.1, -0.05) is 0 Å². The van der Waals surface area contributed by atoms with E-state index >= 15 is 0 Å². The van der Waals surface area contributed by atoms with Crippen LogP contribution in [-0.2, 0) is 11.3 Å². The number of ether oxygens (including phenoxy) is 1. The van der Waals surface area contributed by atoms with Crippen LogP contribution in [0.3, 0.4) is 0 Å². The van der Waals surface area contributed by atoms with Gasteiger partial charge in [0, 0.05) is 19.2 Å². The lowest BCUT2D eigenvalue weighted by molar-refractivity contribution is -0.0277. The molecule has 1 saturated heterocycles. The summed E-state index contributed by atoms with van der Waals surface area (Å²) in [4.78, 5) is 13.8. The Morgan fingerprint density at radius 1 is 1.61 bits per heavy atom. The van der Waals surface area contributed by atoms with E-state index in [4.69, 9.17) is 10.00 Å². The molecule has 0 radical (unpaired) electrons. The standard InChI is InChI=1S/C12H16N4O2/c1-12(2)9-15(5-6-18-12)10-7-11(17)16(4-3-13)14-8-10/h7-8H,4-6,9H2,1-2H3. The summed E-state index contributed by atoms with van der Waals surface area (Å²) in [6, 6.07) is 3.42. The van der Waals surface area contributed by atoms with E-state index in [1.165, 1.54) is 6.07 Å². The zero-order chi connectivity index (χ0) is 13.2. The monoisotopic (exact) mass is 248 g/mol. The van der Waals surface area contributed by atoms with Gasteiger partial charge in [0.15, 0.2) is 0 Å². The summed E-state index contributed by atoms with van der Waals surface area (Å²) in [5.74, 6) is 0. The molecule has 0 bridgehead atoms. The largest absolute Gasteiger partial charge is 0.372 e. The van der Waals surface area contributed by atoms with Crippen LogP contribution in [0.1, 0.15) is 13.8 Å². The van der Waals surface area contributed by atoms with Gasteiger partial charge in [0.05, 0.1) is 30.2 Å². The van der Waals surface area contributed by atoms with Gasteiger partial charge in [0.1, 0.15) is 6.54 Å². The predicted octanol–water partition coefficient (Wildman–Crippen LogP) is 0.382. The molecular weight excluding hydrogens is 232 g/mol. The van der Waals surface area contributed by atoms with Crippen LogP contribution in [0.15, 0.2) is 17.1 Å². The first kappa shape index (κ1) is 12.6. The fourth-order valence-corrected chi connectivity index (χ4v) is 2.02. The van der Waals surface area contributed by atoms with E-state index in [0.717, 1.165) is 23.5 Å². The van der Waals surface area contributed by atoms with Gasteiger partial charge in [-0.25, -0.2) is 4.68 Å². The van der Waals surface area contributed by atoms with Crippen LogP contribution in [-0.4, -0.2) is 35.1 Å². The van der Waals surface area contributed by atoms with Gasteiger partial charge >= 0.3 is 0 Å². The molecule has 1 aliphatic heterocycles. The van der Waals surface area contributed by atoms with Crippen LogP contribution in [0, 0.1) is 11.3 Å². The molecule has 0 aromatic carbocycles. The van der Waals surface area contributed by atoms with Crippen molar-refractivity contribution in [2.24, 2.45) is 0 Å². The Hall–Kier alpha value is -1.87. The van der Waals surface area contributed by atoms with E-state index in [-0.39, 0.29) is 17.7 Å². The van der Waals surface area contributed by atoms with Crippen molar-refractivity contribution >= 4 is 5.69 Å². The molecule has 0 unspecified atom stereocenters. The maximum absolute atomic E-state index is 11.7. The third kappa shape index (κ3) is 2.68. The van der Waals surface area contributed by atoms with Gasteiger partial charge in [0.25, 0.3) is 5.56 Å². The molecule has 18 heavy (non-hydrogen) atoms. The molecule has 1 aliphatic rings. The van der Waals surface area contributed by atoms with Gasteiger partial charge < -0.3 is 9.64 Å². The van der Waals surface area contributed by atoms with Gasteiger partial charge in [-0.05, 0) is 13.8 Å². The minimum absolute atomic E-state index is 0.0201. The summed E-state index contributed by atoms with van der Waals surface area (Å²) in [6.07, 6.45) is 1.63. The molecule has 2 heterocycles. The number of hydrogen-bond acceptors (Lipinski definition) is 5. The Balaban J connectivity index is 2.22. The molecule has 6 nitrogen and oxygen atoms in total. The molecule has 1 aromatic rings. The number of nitriles is 1. The van der Waals surface area contributed by atoms with Crippen LogP contribution in [0.5, 0.6) is 0 Å². The molecule has 0 saturated carbocycles. The second-order valence-corrected chi connectivity index (χ2v) is 4.90. The maximum Gasteiger partial charge on any atom is 0.269 e. The average molecular weight is 248 g/mol. The number of morpholine rings is 1. The number of hydrogen-bond donors (Lipinski definition) is 0. The summed E-state index contributed by atoms with van der Waals surface area (Å²) in [5.41, 5.74) is 0.309. The quantitative estimate of drug-likeness (QED) is 0.756.